The molecule has 2 amide bonds. The molecule has 1 aromatic rings. The van der Waals surface area contributed by atoms with Gasteiger partial charge in [-0.3, -0.25) is 9.59 Å². The zero-order valence-corrected chi connectivity index (χ0v) is 14.9. The predicted octanol–water partition coefficient (Wildman–Crippen LogP) is 3.24. The minimum absolute atomic E-state index is 0.0664. The molecule has 1 aliphatic carbocycles. The van der Waals surface area contributed by atoms with Gasteiger partial charge in [0.1, 0.15) is 5.75 Å². The molecule has 1 N–H and O–H groups in total. The lowest BCUT2D eigenvalue weighted by Gasteiger charge is -2.32. The highest BCUT2D eigenvalue weighted by atomic mass is 35.5. The van der Waals surface area contributed by atoms with Gasteiger partial charge in [-0.05, 0) is 44.2 Å². The highest BCUT2D eigenvalue weighted by molar-refractivity contribution is 6.31. The van der Waals surface area contributed by atoms with E-state index in [4.69, 9.17) is 16.3 Å². The van der Waals surface area contributed by atoms with Crippen LogP contribution >= 0.6 is 11.6 Å². The van der Waals surface area contributed by atoms with Crippen LogP contribution in [0.15, 0.2) is 12.1 Å². The van der Waals surface area contributed by atoms with Crippen molar-refractivity contribution in [2.75, 3.05) is 25.5 Å². The minimum atomic E-state index is -0.179. The van der Waals surface area contributed by atoms with Crippen molar-refractivity contribution in [1.29, 1.82) is 0 Å². The molecular formula is C18H23ClN2O3. The SMILES string of the molecule is COc1cc(Cl)c(C)cc1NC(=O)[C@@H]1CCCN(C(=O)C2CC2)C1. The van der Waals surface area contributed by atoms with E-state index in [2.05, 4.69) is 5.32 Å². The van der Waals surface area contributed by atoms with Gasteiger partial charge in [0.15, 0.2) is 0 Å². The van der Waals surface area contributed by atoms with Gasteiger partial charge < -0.3 is 15.0 Å². The maximum atomic E-state index is 12.6. The molecule has 1 atom stereocenters. The molecule has 130 valence electrons. The summed E-state index contributed by atoms with van der Waals surface area (Å²) in [5, 5.41) is 3.54. The first-order valence-corrected chi connectivity index (χ1v) is 8.81. The molecule has 1 aromatic carbocycles. The van der Waals surface area contributed by atoms with Crippen LogP contribution in [0.3, 0.4) is 0 Å². The van der Waals surface area contributed by atoms with Gasteiger partial charge in [-0.15, -0.1) is 0 Å². The van der Waals surface area contributed by atoms with Gasteiger partial charge in [0.05, 0.1) is 18.7 Å². The second kappa shape index (κ2) is 7.01. The number of anilines is 1. The van der Waals surface area contributed by atoms with Gasteiger partial charge >= 0.3 is 0 Å². The van der Waals surface area contributed by atoms with E-state index in [0.717, 1.165) is 37.8 Å². The number of carbonyl (C=O) groups is 2. The third kappa shape index (κ3) is 3.66. The monoisotopic (exact) mass is 350 g/mol. The van der Waals surface area contributed by atoms with Crippen molar-refractivity contribution >= 4 is 29.1 Å². The molecule has 24 heavy (non-hydrogen) atoms. The van der Waals surface area contributed by atoms with Crippen LogP contribution in [0.5, 0.6) is 5.75 Å². The molecule has 1 aliphatic heterocycles. The Labute approximate surface area is 147 Å². The summed E-state index contributed by atoms with van der Waals surface area (Å²) in [6.07, 6.45) is 3.66. The zero-order valence-electron chi connectivity index (χ0n) is 14.1. The summed E-state index contributed by atoms with van der Waals surface area (Å²) in [7, 11) is 1.55. The first-order chi connectivity index (χ1) is 11.5. The molecule has 0 bridgehead atoms. The molecule has 1 saturated heterocycles. The molecule has 5 nitrogen and oxygen atoms in total. The summed E-state index contributed by atoms with van der Waals surface area (Å²) in [6, 6.07) is 3.52. The van der Waals surface area contributed by atoms with Gasteiger partial charge in [0.2, 0.25) is 11.8 Å². The van der Waals surface area contributed by atoms with E-state index < -0.39 is 0 Å². The van der Waals surface area contributed by atoms with Crippen LogP contribution in [0.4, 0.5) is 5.69 Å². The van der Waals surface area contributed by atoms with Crippen molar-refractivity contribution in [3.8, 4) is 5.75 Å². The smallest absolute Gasteiger partial charge is 0.229 e. The molecule has 3 rings (SSSR count). The van der Waals surface area contributed by atoms with Gasteiger partial charge in [0.25, 0.3) is 0 Å². The number of rotatable bonds is 4. The van der Waals surface area contributed by atoms with E-state index in [1.165, 1.54) is 0 Å². The number of nitrogens with one attached hydrogen (secondary N) is 1. The number of halogens is 1. The van der Waals surface area contributed by atoms with Gasteiger partial charge in [-0.1, -0.05) is 11.6 Å². The maximum Gasteiger partial charge on any atom is 0.229 e. The third-order valence-corrected chi connectivity index (χ3v) is 5.18. The number of hydrogen-bond acceptors (Lipinski definition) is 3. The van der Waals surface area contributed by atoms with Crippen LogP contribution < -0.4 is 10.1 Å². The number of ether oxygens (including phenoxy) is 1. The number of hydrogen-bond donors (Lipinski definition) is 1. The van der Waals surface area contributed by atoms with E-state index >= 15 is 0 Å². The lowest BCUT2D eigenvalue weighted by atomic mass is 9.96. The van der Waals surface area contributed by atoms with Crippen molar-refractivity contribution in [1.82, 2.24) is 4.90 Å². The summed E-state index contributed by atoms with van der Waals surface area (Å²) in [4.78, 5) is 26.7. The fraction of sp³-hybridized carbons (Fsp3) is 0.556. The fourth-order valence-electron chi connectivity index (χ4n) is 3.14. The van der Waals surface area contributed by atoms with Gasteiger partial charge in [-0.25, -0.2) is 0 Å². The standard InChI is InChI=1S/C18H23ClN2O3/c1-11-8-15(16(24-2)9-14(11)19)20-17(22)13-4-3-7-21(10-13)18(23)12-5-6-12/h8-9,12-13H,3-7,10H2,1-2H3,(H,20,22)/t13-/m1/s1. The minimum Gasteiger partial charge on any atom is -0.495 e. The fourth-order valence-corrected chi connectivity index (χ4v) is 3.30. The Morgan fingerprint density at radius 2 is 2.00 bits per heavy atom. The molecular weight excluding hydrogens is 328 g/mol. The normalized spacial score (nSPS) is 20.6. The molecule has 6 heteroatoms. The zero-order chi connectivity index (χ0) is 17.3. The lowest BCUT2D eigenvalue weighted by molar-refractivity contribution is -0.135. The number of amides is 2. The van der Waals surface area contributed by atoms with Crippen molar-refractivity contribution in [2.24, 2.45) is 11.8 Å². The summed E-state index contributed by atoms with van der Waals surface area (Å²) in [6.45, 7) is 3.16. The maximum absolute atomic E-state index is 12.6. The predicted molar refractivity (Wildman–Crippen MR) is 93.4 cm³/mol. The first kappa shape index (κ1) is 17.1. The first-order valence-electron chi connectivity index (χ1n) is 8.43. The van der Waals surface area contributed by atoms with Crippen LogP contribution in [-0.4, -0.2) is 36.9 Å². The average molecular weight is 351 g/mol. The molecule has 1 saturated carbocycles. The summed E-state index contributed by atoms with van der Waals surface area (Å²) >= 11 is 6.10. The third-order valence-electron chi connectivity index (χ3n) is 4.77. The van der Waals surface area contributed by atoms with Crippen molar-refractivity contribution in [3.63, 3.8) is 0 Å². The van der Waals surface area contributed by atoms with Crippen LogP contribution in [0.1, 0.15) is 31.2 Å². The molecule has 0 unspecified atom stereocenters. The quantitative estimate of drug-likeness (QED) is 0.906. The van der Waals surface area contributed by atoms with Gasteiger partial charge in [0, 0.05) is 30.1 Å². The van der Waals surface area contributed by atoms with E-state index in [0.29, 0.717) is 23.0 Å². The Morgan fingerprint density at radius 1 is 1.25 bits per heavy atom. The Kier molecular flexibility index (Phi) is 4.99. The number of nitrogens with zero attached hydrogens (tertiary/aromatic N) is 1. The Hall–Kier alpha value is -1.75. The van der Waals surface area contributed by atoms with Crippen molar-refractivity contribution in [2.45, 2.75) is 32.6 Å². The van der Waals surface area contributed by atoms with Crippen LogP contribution in [0.25, 0.3) is 0 Å². The lowest BCUT2D eigenvalue weighted by Crippen LogP contribution is -2.44. The number of likely N-dealkylation sites (tertiary alicyclic amines) is 1. The number of carbonyl (C=O) groups excluding carboxylic acids is 2. The van der Waals surface area contributed by atoms with Gasteiger partial charge in [-0.2, -0.15) is 0 Å². The van der Waals surface area contributed by atoms with Crippen LogP contribution in [0, 0.1) is 18.8 Å². The molecule has 0 aromatic heterocycles. The topological polar surface area (TPSA) is 58.6 Å². The number of benzene rings is 1. The number of methoxy groups -OCH3 is 1. The second-order valence-corrected chi connectivity index (χ2v) is 7.10. The molecule has 2 aliphatic rings. The van der Waals surface area contributed by atoms with Crippen molar-refractivity contribution < 1.29 is 14.3 Å². The average Bonchev–Trinajstić information content (AvgIpc) is 3.42. The number of aryl methyl sites for hydroxylation is 1. The molecule has 1 heterocycles. The highest BCUT2D eigenvalue weighted by Crippen LogP contribution is 2.34. The van der Waals surface area contributed by atoms with Crippen molar-refractivity contribution in [3.05, 3.63) is 22.7 Å². The highest BCUT2D eigenvalue weighted by Gasteiger charge is 2.36. The van der Waals surface area contributed by atoms with E-state index in [-0.39, 0.29) is 23.7 Å². The van der Waals surface area contributed by atoms with E-state index in [1.807, 2.05) is 17.9 Å². The largest absolute Gasteiger partial charge is 0.495 e. The summed E-state index contributed by atoms with van der Waals surface area (Å²) in [5.74, 6) is 0.712. The van der Waals surface area contributed by atoms with Crippen LogP contribution in [-0.2, 0) is 9.59 Å². The second-order valence-electron chi connectivity index (χ2n) is 6.69. The Balaban J connectivity index is 1.68. The molecule has 2 fully saturated rings. The van der Waals surface area contributed by atoms with E-state index in [1.54, 1.807) is 13.2 Å². The summed E-state index contributed by atoms with van der Waals surface area (Å²) in [5.41, 5.74) is 1.50. The van der Waals surface area contributed by atoms with Crippen LogP contribution in [0.2, 0.25) is 5.02 Å². The Morgan fingerprint density at radius 3 is 2.67 bits per heavy atom. The Bertz CT molecular complexity index is 658. The molecule has 0 spiro atoms. The molecule has 0 radical (unpaired) electrons. The van der Waals surface area contributed by atoms with E-state index in [9.17, 15) is 9.59 Å². The summed E-state index contributed by atoms with van der Waals surface area (Å²) < 4.78 is 5.30. The number of piperidine rings is 1.